The van der Waals surface area contributed by atoms with Gasteiger partial charge in [-0.1, -0.05) is 30.3 Å². The van der Waals surface area contributed by atoms with Crippen molar-refractivity contribution in [1.29, 1.82) is 0 Å². The molecular formula is C22H22N2O3S. The minimum absolute atomic E-state index is 0.0222. The van der Waals surface area contributed by atoms with Gasteiger partial charge in [0, 0.05) is 6.61 Å². The molecule has 2 saturated heterocycles. The Labute approximate surface area is 169 Å². The molecule has 0 aliphatic carbocycles. The summed E-state index contributed by atoms with van der Waals surface area (Å²) >= 11 is 1.41. The number of para-hydroxylation sites is 1. The first kappa shape index (κ1) is 18.8. The van der Waals surface area contributed by atoms with E-state index in [0.29, 0.717) is 16.6 Å². The Bertz CT molecular complexity index is 888. The van der Waals surface area contributed by atoms with Crippen LogP contribution in [0, 0.1) is 0 Å². The van der Waals surface area contributed by atoms with Crippen LogP contribution in [0.5, 0.6) is 5.75 Å². The highest BCUT2D eigenvalue weighted by atomic mass is 32.2. The number of nitrogens with zero attached hydrogens (tertiary/aromatic N) is 2. The maximum Gasteiger partial charge on any atom is 0.266 e. The average Bonchev–Trinajstić information content (AvgIpc) is 3.34. The fraction of sp³-hybridized carbons (Fsp3) is 0.273. The van der Waals surface area contributed by atoms with Gasteiger partial charge in [0.05, 0.1) is 30.4 Å². The Balaban J connectivity index is 1.62. The molecular weight excluding hydrogens is 372 g/mol. The van der Waals surface area contributed by atoms with Crippen molar-refractivity contribution in [2.24, 2.45) is 4.99 Å². The number of carbonyl (C=O) groups is 1. The molecule has 2 aliphatic rings. The van der Waals surface area contributed by atoms with Gasteiger partial charge in [0.15, 0.2) is 5.17 Å². The lowest BCUT2D eigenvalue weighted by Gasteiger charge is -2.19. The highest BCUT2D eigenvalue weighted by Crippen LogP contribution is 2.35. The van der Waals surface area contributed by atoms with E-state index in [9.17, 15) is 4.79 Å². The van der Waals surface area contributed by atoms with Gasteiger partial charge in [-0.2, -0.15) is 0 Å². The van der Waals surface area contributed by atoms with E-state index < -0.39 is 0 Å². The molecule has 2 aliphatic heterocycles. The highest BCUT2D eigenvalue weighted by Gasteiger charge is 2.35. The molecule has 0 bridgehead atoms. The molecule has 144 valence electrons. The normalized spacial score (nSPS) is 22.4. The van der Waals surface area contributed by atoms with E-state index in [1.54, 1.807) is 12.0 Å². The Morgan fingerprint density at radius 2 is 2.00 bits per heavy atom. The number of benzene rings is 2. The summed E-state index contributed by atoms with van der Waals surface area (Å²) in [7, 11) is 1.64. The van der Waals surface area contributed by atoms with Crippen molar-refractivity contribution in [2.75, 3.05) is 20.3 Å². The minimum Gasteiger partial charge on any atom is -0.497 e. The second-order valence-corrected chi connectivity index (χ2v) is 7.67. The summed E-state index contributed by atoms with van der Waals surface area (Å²) < 4.78 is 11.0. The number of hydrogen-bond acceptors (Lipinski definition) is 5. The van der Waals surface area contributed by atoms with E-state index in [2.05, 4.69) is 0 Å². The van der Waals surface area contributed by atoms with Gasteiger partial charge >= 0.3 is 0 Å². The predicted molar refractivity (Wildman–Crippen MR) is 113 cm³/mol. The quantitative estimate of drug-likeness (QED) is 0.702. The standard InChI is InChI=1S/C22H22N2O3S/c1-26-18-11-9-16(10-12-18)14-20-21(25)24(15-19-8-5-13-27-19)22(28-20)23-17-6-3-2-4-7-17/h2-4,6-7,9-12,14,19H,5,8,13,15H2,1H3. The molecule has 1 unspecified atom stereocenters. The summed E-state index contributed by atoms with van der Waals surface area (Å²) in [5, 5.41) is 0.700. The molecule has 1 atom stereocenters. The summed E-state index contributed by atoms with van der Waals surface area (Å²) in [5.41, 5.74) is 1.79. The maximum atomic E-state index is 13.1. The van der Waals surface area contributed by atoms with Crippen LogP contribution in [0.15, 0.2) is 64.5 Å². The van der Waals surface area contributed by atoms with E-state index in [0.717, 1.165) is 36.4 Å². The average molecular weight is 394 g/mol. The van der Waals surface area contributed by atoms with Gasteiger partial charge in [0.2, 0.25) is 0 Å². The van der Waals surface area contributed by atoms with Crippen LogP contribution in [0.3, 0.4) is 0 Å². The van der Waals surface area contributed by atoms with Crippen molar-refractivity contribution in [2.45, 2.75) is 18.9 Å². The first-order valence-corrected chi connectivity index (χ1v) is 10.2. The zero-order valence-corrected chi connectivity index (χ0v) is 16.5. The maximum absolute atomic E-state index is 13.1. The van der Waals surface area contributed by atoms with Gasteiger partial charge < -0.3 is 9.47 Å². The lowest BCUT2D eigenvalue weighted by atomic mass is 10.2. The highest BCUT2D eigenvalue weighted by molar-refractivity contribution is 8.18. The third kappa shape index (κ3) is 4.29. The molecule has 2 fully saturated rings. The zero-order chi connectivity index (χ0) is 19.3. The Kier molecular flexibility index (Phi) is 5.78. The Morgan fingerprint density at radius 3 is 2.68 bits per heavy atom. The number of rotatable bonds is 5. The van der Waals surface area contributed by atoms with Crippen LogP contribution in [0.2, 0.25) is 0 Å². The van der Waals surface area contributed by atoms with Crippen LogP contribution in [0.4, 0.5) is 5.69 Å². The van der Waals surface area contributed by atoms with Crippen LogP contribution < -0.4 is 4.74 Å². The molecule has 2 heterocycles. The van der Waals surface area contributed by atoms with Crippen molar-refractivity contribution >= 4 is 34.6 Å². The van der Waals surface area contributed by atoms with Crippen LogP contribution in [0.25, 0.3) is 6.08 Å². The van der Waals surface area contributed by atoms with E-state index in [1.807, 2.05) is 60.7 Å². The zero-order valence-electron chi connectivity index (χ0n) is 15.7. The molecule has 0 N–H and O–H groups in total. The lowest BCUT2D eigenvalue weighted by molar-refractivity contribution is -0.123. The monoisotopic (exact) mass is 394 g/mol. The predicted octanol–water partition coefficient (Wildman–Crippen LogP) is 4.48. The number of amidine groups is 1. The lowest BCUT2D eigenvalue weighted by Crippen LogP contribution is -2.36. The van der Waals surface area contributed by atoms with E-state index in [-0.39, 0.29) is 12.0 Å². The number of amides is 1. The summed E-state index contributed by atoms with van der Waals surface area (Å²) in [4.78, 5) is 20.2. The number of hydrogen-bond donors (Lipinski definition) is 0. The number of thioether (sulfide) groups is 1. The molecule has 6 heteroatoms. The Morgan fingerprint density at radius 1 is 1.21 bits per heavy atom. The van der Waals surface area contributed by atoms with Crippen molar-refractivity contribution in [3.63, 3.8) is 0 Å². The van der Waals surface area contributed by atoms with Gasteiger partial charge in [-0.25, -0.2) is 4.99 Å². The molecule has 1 amide bonds. The van der Waals surface area contributed by atoms with Crippen LogP contribution in [0.1, 0.15) is 18.4 Å². The van der Waals surface area contributed by atoms with Gasteiger partial charge in [-0.05, 0) is 60.5 Å². The van der Waals surface area contributed by atoms with Crippen molar-refractivity contribution in [1.82, 2.24) is 4.90 Å². The number of aliphatic imine (C=N–C) groups is 1. The fourth-order valence-electron chi connectivity index (χ4n) is 3.21. The summed E-state index contributed by atoms with van der Waals surface area (Å²) in [6.07, 6.45) is 4.00. The number of ether oxygens (including phenoxy) is 2. The van der Waals surface area contributed by atoms with Crippen LogP contribution in [-0.2, 0) is 9.53 Å². The largest absolute Gasteiger partial charge is 0.497 e. The smallest absolute Gasteiger partial charge is 0.266 e. The third-order valence-electron chi connectivity index (χ3n) is 4.69. The molecule has 0 aromatic heterocycles. The fourth-order valence-corrected chi connectivity index (χ4v) is 4.22. The van der Waals surface area contributed by atoms with Crippen molar-refractivity contribution in [3.8, 4) is 5.75 Å². The molecule has 0 spiro atoms. The molecule has 5 nitrogen and oxygen atoms in total. The van der Waals surface area contributed by atoms with Gasteiger partial charge in [-0.3, -0.25) is 9.69 Å². The van der Waals surface area contributed by atoms with Gasteiger partial charge in [0.25, 0.3) is 5.91 Å². The SMILES string of the molecule is COc1ccc(C=C2SC(=Nc3ccccc3)N(CC3CCCO3)C2=O)cc1. The molecule has 0 saturated carbocycles. The molecule has 28 heavy (non-hydrogen) atoms. The topological polar surface area (TPSA) is 51.1 Å². The second kappa shape index (κ2) is 8.63. The van der Waals surface area contributed by atoms with E-state index in [1.165, 1.54) is 11.8 Å². The molecule has 4 rings (SSSR count). The van der Waals surface area contributed by atoms with Crippen LogP contribution in [-0.4, -0.2) is 42.3 Å². The number of carbonyl (C=O) groups excluding carboxylic acids is 1. The molecule has 2 aromatic carbocycles. The summed E-state index contributed by atoms with van der Waals surface area (Å²) in [6.45, 7) is 1.30. The molecule has 0 radical (unpaired) electrons. The summed E-state index contributed by atoms with van der Waals surface area (Å²) in [6, 6.07) is 17.4. The Hall–Kier alpha value is -2.57. The van der Waals surface area contributed by atoms with Gasteiger partial charge in [-0.15, -0.1) is 0 Å². The summed E-state index contributed by atoms with van der Waals surface area (Å²) in [5.74, 6) is 0.768. The third-order valence-corrected chi connectivity index (χ3v) is 5.70. The van der Waals surface area contributed by atoms with E-state index in [4.69, 9.17) is 14.5 Å². The first-order chi connectivity index (χ1) is 13.7. The van der Waals surface area contributed by atoms with Crippen LogP contribution >= 0.6 is 11.8 Å². The van der Waals surface area contributed by atoms with Crippen molar-refractivity contribution < 1.29 is 14.3 Å². The first-order valence-electron chi connectivity index (χ1n) is 9.34. The number of methoxy groups -OCH3 is 1. The molecule has 2 aromatic rings. The second-order valence-electron chi connectivity index (χ2n) is 6.66. The van der Waals surface area contributed by atoms with Crippen molar-refractivity contribution in [3.05, 3.63) is 65.1 Å². The minimum atomic E-state index is -0.0222. The van der Waals surface area contributed by atoms with Gasteiger partial charge in [0.1, 0.15) is 5.75 Å². The van der Waals surface area contributed by atoms with E-state index >= 15 is 0 Å².